The fraction of sp³-hybridized carbons (Fsp3) is 0.529. The van der Waals surface area contributed by atoms with Crippen LogP contribution in [0, 0.1) is 0 Å². The third kappa shape index (κ3) is 4.80. The number of hydrogen-bond acceptors (Lipinski definition) is 4. The first-order valence-electron chi connectivity index (χ1n) is 8.10. The Morgan fingerprint density at radius 2 is 1.83 bits per heavy atom. The van der Waals surface area contributed by atoms with E-state index in [4.69, 9.17) is 0 Å². The molecule has 0 saturated carbocycles. The predicted molar refractivity (Wildman–Crippen MR) is 92.0 cm³/mol. The summed E-state index contributed by atoms with van der Waals surface area (Å²) in [5, 5.41) is 0. The van der Waals surface area contributed by atoms with Crippen molar-refractivity contribution in [3.63, 3.8) is 0 Å². The van der Waals surface area contributed by atoms with Crippen LogP contribution in [-0.4, -0.2) is 61.2 Å². The summed E-state index contributed by atoms with van der Waals surface area (Å²) in [6, 6.07) is 9.25. The molecule has 1 aromatic carbocycles. The Morgan fingerprint density at radius 3 is 2.38 bits per heavy atom. The van der Waals surface area contributed by atoms with Crippen molar-refractivity contribution in [1.29, 1.82) is 0 Å². The van der Waals surface area contributed by atoms with Crippen molar-refractivity contribution in [1.82, 2.24) is 9.80 Å². The van der Waals surface area contributed by atoms with Gasteiger partial charge in [0.05, 0.1) is 11.5 Å². The lowest BCUT2D eigenvalue weighted by atomic mass is 10.2. The molecule has 7 heteroatoms. The maximum Gasteiger partial charge on any atom is 0.232 e. The van der Waals surface area contributed by atoms with E-state index in [1.54, 1.807) is 14.0 Å². The van der Waals surface area contributed by atoms with Crippen molar-refractivity contribution in [2.24, 2.45) is 0 Å². The summed E-state index contributed by atoms with van der Waals surface area (Å²) in [5.74, 6) is -0.447. The SMILES string of the molecule is CCN(C(=O)CC(=O)N(C)Cc1ccccc1)C1CCS(=O)(=O)C1. The lowest BCUT2D eigenvalue weighted by Gasteiger charge is -2.27. The Kier molecular flexibility index (Phi) is 5.99. The Balaban J connectivity index is 1.93. The van der Waals surface area contributed by atoms with Crippen LogP contribution in [0.15, 0.2) is 30.3 Å². The quantitative estimate of drug-likeness (QED) is 0.718. The standard InChI is InChI=1S/C17H24N2O4S/c1-3-19(15-9-10-24(22,23)13-15)17(21)11-16(20)18(2)12-14-7-5-4-6-8-14/h4-8,15H,3,9-13H2,1-2H3. The number of rotatable bonds is 6. The number of sulfone groups is 1. The largest absolute Gasteiger partial charge is 0.341 e. The lowest BCUT2D eigenvalue weighted by molar-refractivity contribution is -0.141. The second kappa shape index (κ2) is 7.79. The second-order valence-corrected chi connectivity index (χ2v) is 8.38. The topological polar surface area (TPSA) is 74.8 Å². The van der Waals surface area contributed by atoms with Crippen LogP contribution in [0.3, 0.4) is 0 Å². The fourth-order valence-electron chi connectivity index (χ4n) is 2.97. The van der Waals surface area contributed by atoms with Crippen molar-refractivity contribution in [3.05, 3.63) is 35.9 Å². The van der Waals surface area contributed by atoms with Crippen LogP contribution >= 0.6 is 0 Å². The second-order valence-electron chi connectivity index (χ2n) is 6.15. The van der Waals surface area contributed by atoms with E-state index in [1.165, 1.54) is 9.80 Å². The number of carbonyl (C=O) groups is 2. The minimum absolute atomic E-state index is 0.000620. The maximum atomic E-state index is 12.4. The number of nitrogens with zero attached hydrogens (tertiary/aromatic N) is 2. The molecule has 0 spiro atoms. The highest BCUT2D eigenvalue weighted by Gasteiger charge is 2.34. The van der Waals surface area contributed by atoms with Gasteiger partial charge >= 0.3 is 0 Å². The highest BCUT2D eigenvalue weighted by Crippen LogP contribution is 2.18. The van der Waals surface area contributed by atoms with Crippen LogP contribution in [0.25, 0.3) is 0 Å². The molecule has 24 heavy (non-hydrogen) atoms. The Hall–Kier alpha value is -1.89. The van der Waals surface area contributed by atoms with Crippen LogP contribution < -0.4 is 0 Å². The average Bonchev–Trinajstić information content (AvgIpc) is 2.88. The lowest BCUT2D eigenvalue weighted by Crippen LogP contribution is -2.43. The molecule has 1 fully saturated rings. The van der Waals surface area contributed by atoms with E-state index in [-0.39, 0.29) is 35.8 Å². The molecular formula is C17H24N2O4S. The molecule has 2 rings (SSSR count). The molecule has 0 aliphatic carbocycles. The molecule has 1 atom stereocenters. The van der Waals surface area contributed by atoms with Gasteiger partial charge in [0, 0.05) is 26.2 Å². The number of hydrogen-bond donors (Lipinski definition) is 0. The van der Waals surface area contributed by atoms with Gasteiger partial charge in [-0.25, -0.2) is 8.42 Å². The normalized spacial score (nSPS) is 19.0. The van der Waals surface area contributed by atoms with Crippen molar-refractivity contribution in [2.45, 2.75) is 32.4 Å². The zero-order valence-corrected chi connectivity index (χ0v) is 15.0. The van der Waals surface area contributed by atoms with E-state index in [1.807, 2.05) is 30.3 Å². The zero-order valence-electron chi connectivity index (χ0n) is 14.1. The maximum absolute atomic E-state index is 12.4. The smallest absolute Gasteiger partial charge is 0.232 e. The molecule has 0 bridgehead atoms. The molecule has 1 unspecified atom stereocenters. The van der Waals surface area contributed by atoms with Gasteiger partial charge in [-0.2, -0.15) is 0 Å². The third-order valence-corrected chi connectivity index (χ3v) is 6.05. The molecule has 1 aromatic rings. The van der Waals surface area contributed by atoms with Crippen LogP contribution in [0.4, 0.5) is 0 Å². The summed E-state index contributed by atoms with van der Waals surface area (Å²) in [4.78, 5) is 27.8. The summed E-state index contributed by atoms with van der Waals surface area (Å²) in [6.07, 6.45) is 0.226. The zero-order chi connectivity index (χ0) is 17.7. The van der Waals surface area contributed by atoms with Gasteiger partial charge in [-0.1, -0.05) is 30.3 Å². The highest BCUT2D eigenvalue weighted by atomic mass is 32.2. The summed E-state index contributed by atoms with van der Waals surface area (Å²) in [5.41, 5.74) is 0.995. The molecule has 0 radical (unpaired) electrons. The first-order chi connectivity index (χ1) is 11.3. The summed E-state index contributed by atoms with van der Waals surface area (Å²) in [6.45, 7) is 2.66. The predicted octanol–water partition coefficient (Wildman–Crippen LogP) is 1.07. The van der Waals surface area contributed by atoms with E-state index in [0.29, 0.717) is 19.5 Å². The Morgan fingerprint density at radius 1 is 1.17 bits per heavy atom. The molecule has 1 aliphatic heterocycles. The van der Waals surface area contributed by atoms with Crippen molar-refractivity contribution >= 4 is 21.7 Å². The molecular weight excluding hydrogens is 328 g/mol. The number of amides is 2. The van der Waals surface area contributed by atoms with Crippen LogP contribution in [0.2, 0.25) is 0 Å². The summed E-state index contributed by atoms with van der Waals surface area (Å²) < 4.78 is 23.2. The van der Waals surface area contributed by atoms with E-state index in [0.717, 1.165) is 5.56 Å². The van der Waals surface area contributed by atoms with Crippen molar-refractivity contribution in [3.8, 4) is 0 Å². The molecule has 1 aliphatic rings. The summed E-state index contributed by atoms with van der Waals surface area (Å²) >= 11 is 0. The average molecular weight is 352 g/mol. The van der Waals surface area contributed by atoms with Gasteiger partial charge in [-0.15, -0.1) is 0 Å². The first-order valence-corrected chi connectivity index (χ1v) is 9.92. The number of carbonyl (C=O) groups excluding carboxylic acids is 2. The fourth-order valence-corrected chi connectivity index (χ4v) is 4.70. The van der Waals surface area contributed by atoms with Gasteiger partial charge in [0.25, 0.3) is 0 Å². The molecule has 1 heterocycles. The van der Waals surface area contributed by atoms with E-state index >= 15 is 0 Å². The van der Waals surface area contributed by atoms with E-state index in [9.17, 15) is 18.0 Å². The van der Waals surface area contributed by atoms with Gasteiger partial charge in [0.1, 0.15) is 6.42 Å². The summed E-state index contributed by atoms with van der Waals surface area (Å²) in [7, 11) is -1.39. The molecule has 132 valence electrons. The molecule has 0 aromatic heterocycles. The highest BCUT2D eigenvalue weighted by molar-refractivity contribution is 7.91. The molecule has 2 amide bonds. The van der Waals surface area contributed by atoms with Gasteiger partial charge in [-0.05, 0) is 18.9 Å². The van der Waals surface area contributed by atoms with Gasteiger partial charge in [-0.3, -0.25) is 9.59 Å². The van der Waals surface area contributed by atoms with Crippen LogP contribution in [0.1, 0.15) is 25.3 Å². The third-order valence-electron chi connectivity index (χ3n) is 4.30. The monoisotopic (exact) mass is 352 g/mol. The van der Waals surface area contributed by atoms with Gasteiger partial charge in [0.2, 0.25) is 11.8 Å². The Bertz CT molecular complexity index is 688. The minimum atomic E-state index is -3.06. The van der Waals surface area contributed by atoms with E-state index in [2.05, 4.69) is 0 Å². The number of benzene rings is 1. The molecule has 6 nitrogen and oxygen atoms in total. The van der Waals surface area contributed by atoms with Crippen LogP contribution in [-0.2, 0) is 26.0 Å². The Labute approximate surface area is 143 Å². The minimum Gasteiger partial charge on any atom is -0.341 e. The van der Waals surface area contributed by atoms with Crippen molar-refractivity contribution in [2.75, 3.05) is 25.1 Å². The van der Waals surface area contributed by atoms with Gasteiger partial charge < -0.3 is 9.80 Å². The van der Waals surface area contributed by atoms with Crippen LogP contribution in [0.5, 0.6) is 0 Å². The van der Waals surface area contributed by atoms with Gasteiger partial charge in [0.15, 0.2) is 9.84 Å². The molecule has 0 N–H and O–H groups in total. The first kappa shape index (κ1) is 18.4. The van der Waals surface area contributed by atoms with Crippen molar-refractivity contribution < 1.29 is 18.0 Å². The molecule has 1 saturated heterocycles. The van der Waals surface area contributed by atoms with E-state index < -0.39 is 9.84 Å².